The van der Waals surface area contributed by atoms with Crippen LogP contribution in [0.4, 0.5) is 13.2 Å². The zero-order valence-electron chi connectivity index (χ0n) is 12.5. The Balaban J connectivity index is 2.10. The molecule has 0 spiro atoms. The maximum atomic E-state index is 13.9. The van der Waals surface area contributed by atoms with Crippen molar-refractivity contribution in [3.05, 3.63) is 34.2 Å². The van der Waals surface area contributed by atoms with Gasteiger partial charge in [-0.1, -0.05) is 38.3 Å². The number of allylic oxidation sites excluding steroid dienone is 1. The van der Waals surface area contributed by atoms with Crippen LogP contribution in [0.5, 0.6) is 0 Å². The van der Waals surface area contributed by atoms with Crippen LogP contribution in [0.1, 0.15) is 50.2 Å². The summed E-state index contributed by atoms with van der Waals surface area (Å²) in [4.78, 5) is 0.740. The van der Waals surface area contributed by atoms with E-state index in [2.05, 4.69) is 0 Å². The van der Waals surface area contributed by atoms with Crippen molar-refractivity contribution in [3.63, 3.8) is 0 Å². The lowest BCUT2D eigenvalue weighted by molar-refractivity contribution is -0.0361. The van der Waals surface area contributed by atoms with Crippen molar-refractivity contribution < 1.29 is 13.2 Å². The third-order valence-corrected chi connectivity index (χ3v) is 9.01. The van der Waals surface area contributed by atoms with E-state index in [0.29, 0.717) is 15.4 Å². The molecule has 5 heteroatoms. The highest BCUT2D eigenvalue weighted by Crippen LogP contribution is 2.81. The van der Waals surface area contributed by atoms with Gasteiger partial charge in [0.2, 0.25) is 0 Å². The quantitative estimate of drug-likeness (QED) is 0.538. The van der Waals surface area contributed by atoms with Gasteiger partial charge in [0.05, 0.1) is 0 Å². The van der Waals surface area contributed by atoms with Crippen LogP contribution in [-0.2, 0) is 6.42 Å². The van der Waals surface area contributed by atoms with Crippen molar-refractivity contribution in [2.45, 2.75) is 55.9 Å². The Morgan fingerprint density at radius 2 is 1.86 bits per heavy atom. The van der Waals surface area contributed by atoms with Crippen molar-refractivity contribution in [1.82, 2.24) is 0 Å². The molecule has 0 amide bonds. The third-order valence-electron chi connectivity index (χ3n) is 4.73. The largest absolute Gasteiger partial charge is 0.445 e. The molecule has 1 aliphatic heterocycles. The minimum absolute atomic E-state index is 0.0136. The smallest absolute Gasteiger partial charge is 0.160 e. The summed E-state index contributed by atoms with van der Waals surface area (Å²) in [6.07, 6.45) is 7.35. The molecule has 1 aromatic rings. The van der Waals surface area contributed by atoms with Gasteiger partial charge in [0.1, 0.15) is 0 Å². The molecule has 1 unspecified atom stereocenters. The highest BCUT2D eigenvalue weighted by Gasteiger charge is 2.57. The van der Waals surface area contributed by atoms with Crippen molar-refractivity contribution in [3.8, 4) is 0 Å². The third kappa shape index (κ3) is 2.48. The fourth-order valence-corrected chi connectivity index (χ4v) is 6.93. The Kier molecular flexibility index (Phi) is 4.28. The zero-order valence-corrected chi connectivity index (χ0v) is 14.1. The monoisotopic (exact) mass is 348 g/mol. The molecular formula is C17H20ClF3S. The van der Waals surface area contributed by atoms with E-state index in [9.17, 15) is 13.2 Å². The molecule has 1 aliphatic carbocycles. The topological polar surface area (TPSA) is 0 Å². The second kappa shape index (κ2) is 5.79. The molecule has 0 saturated heterocycles. The van der Waals surface area contributed by atoms with Gasteiger partial charge in [-0.05, 0) is 73.3 Å². The summed E-state index contributed by atoms with van der Waals surface area (Å²) < 4.78 is 41.6. The van der Waals surface area contributed by atoms with Crippen LogP contribution in [-0.4, -0.2) is 5.51 Å². The molecule has 0 nitrogen and oxygen atoms in total. The van der Waals surface area contributed by atoms with Gasteiger partial charge in [0.15, 0.2) is 0 Å². The maximum Gasteiger partial charge on any atom is 0.445 e. The highest BCUT2D eigenvalue weighted by atomic mass is 35.7. The number of halogens is 4. The second-order valence-electron chi connectivity index (χ2n) is 6.09. The summed E-state index contributed by atoms with van der Waals surface area (Å²) in [7, 11) is 2.95. The van der Waals surface area contributed by atoms with Gasteiger partial charge in [-0.25, -0.2) is 0 Å². The number of hydrogen-bond acceptors (Lipinski definition) is 0. The molecule has 0 aromatic heterocycles. The molecule has 0 N–H and O–H groups in total. The van der Waals surface area contributed by atoms with E-state index in [-0.39, 0.29) is 5.92 Å². The van der Waals surface area contributed by atoms with Crippen molar-refractivity contribution in [1.29, 1.82) is 0 Å². The molecule has 0 radical (unpaired) electrons. The lowest BCUT2D eigenvalue weighted by Gasteiger charge is -2.38. The standard InChI is InChI=1S/C17H20ClF3S/c1-2-12-8-9-15-14(10-12)11-16(13-6-4-3-5-7-13)22(15,18)17(19,20)21/h8-11,13H,2-7H2,1H3. The normalized spacial score (nSPS) is 28.9. The Hall–Kier alpha value is -0.610. The minimum Gasteiger partial charge on any atom is -0.160 e. The summed E-state index contributed by atoms with van der Waals surface area (Å²) >= 11 is 0. The number of fused-ring (bicyclic) bond motifs is 1. The van der Waals surface area contributed by atoms with Crippen LogP contribution >= 0.6 is 19.9 Å². The van der Waals surface area contributed by atoms with Crippen LogP contribution in [0, 0.1) is 5.92 Å². The first-order chi connectivity index (χ1) is 10.4. The number of alkyl halides is 3. The fourth-order valence-electron chi connectivity index (χ4n) is 3.54. The molecule has 122 valence electrons. The van der Waals surface area contributed by atoms with Gasteiger partial charge in [0, 0.05) is 4.90 Å². The first kappa shape index (κ1) is 16.3. The molecule has 22 heavy (non-hydrogen) atoms. The van der Waals surface area contributed by atoms with E-state index in [1.165, 1.54) is 0 Å². The summed E-state index contributed by atoms with van der Waals surface area (Å²) in [5, 5.41) is 0. The Morgan fingerprint density at radius 3 is 2.45 bits per heavy atom. The summed E-state index contributed by atoms with van der Waals surface area (Å²) in [5.41, 5.74) is -2.65. The molecule has 1 aromatic carbocycles. The van der Waals surface area contributed by atoms with E-state index in [0.717, 1.165) is 44.1 Å². The predicted molar refractivity (Wildman–Crippen MR) is 88.1 cm³/mol. The number of hydrogen-bond donors (Lipinski definition) is 0. The van der Waals surface area contributed by atoms with Gasteiger partial charge in [0.25, 0.3) is 0 Å². The molecule has 2 aliphatic rings. The van der Waals surface area contributed by atoms with Gasteiger partial charge < -0.3 is 0 Å². The van der Waals surface area contributed by atoms with Gasteiger partial charge >= 0.3 is 5.51 Å². The van der Waals surface area contributed by atoms with Crippen LogP contribution in [0.2, 0.25) is 0 Å². The number of benzene rings is 1. The maximum absolute atomic E-state index is 13.9. The minimum atomic E-state index is -4.39. The summed E-state index contributed by atoms with van der Waals surface area (Å²) in [5.74, 6) is -0.0136. The first-order valence-electron chi connectivity index (χ1n) is 7.81. The zero-order chi connectivity index (χ0) is 16.0. The fraction of sp³-hybridized carbons (Fsp3) is 0.529. The average Bonchev–Trinajstić information content (AvgIpc) is 2.81. The van der Waals surface area contributed by atoms with Crippen LogP contribution in [0.15, 0.2) is 28.0 Å². The van der Waals surface area contributed by atoms with Crippen molar-refractivity contribution in [2.24, 2.45) is 5.92 Å². The highest BCUT2D eigenvalue weighted by molar-refractivity contribution is 8.54. The van der Waals surface area contributed by atoms with Crippen LogP contribution < -0.4 is 0 Å². The van der Waals surface area contributed by atoms with E-state index >= 15 is 0 Å². The molecule has 1 saturated carbocycles. The second-order valence-corrected chi connectivity index (χ2v) is 9.93. The van der Waals surface area contributed by atoms with E-state index in [4.69, 9.17) is 10.7 Å². The van der Waals surface area contributed by atoms with Gasteiger partial charge in [-0.3, -0.25) is 0 Å². The van der Waals surface area contributed by atoms with Gasteiger partial charge in [-0.15, -0.1) is 0 Å². The summed E-state index contributed by atoms with van der Waals surface area (Å²) in [6, 6.07) is 5.27. The number of rotatable bonds is 2. The molecule has 1 heterocycles. The summed E-state index contributed by atoms with van der Waals surface area (Å²) in [6.45, 7) is 2.01. The van der Waals surface area contributed by atoms with E-state index in [1.807, 2.05) is 13.0 Å². The Labute approximate surface area is 135 Å². The first-order valence-corrected chi connectivity index (χ1v) is 10.3. The van der Waals surface area contributed by atoms with Crippen molar-refractivity contribution in [2.75, 3.05) is 0 Å². The lowest BCUT2D eigenvalue weighted by atomic mass is 9.88. The van der Waals surface area contributed by atoms with Crippen LogP contribution in [0.25, 0.3) is 6.08 Å². The Bertz CT molecular complexity index is 602. The van der Waals surface area contributed by atoms with E-state index in [1.54, 1.807) is 18.2 Å². The molecule has 1 atom stereocenters. The predicted octanol–water partition coefficient (Wildman–Crippen LogP) is 7.02. The Morgan fingerprint density at radius 1 is 1.18 bits per heavy atom. The van der Waals surface area contributed by atoms with Crippen LogP contribution in [0.3, 0.4) is 0 Å². The van der Waals surface area contributed by atoms with E-state index < -0.39 is 14.7 Å². The van der Waals surface area contributed by atoms with Gasteiger partial charge in [-0.2, -0.15) is 13.2 Å². The number of aryl methyl sites for hydroxylation is 1. The lowest BCUT2D eigenvalue weighted by Crippen LogP contribution is -2.21. The molecule has 0 bridgehead atoms. The van der Waals surface area contributed by atoms with Crippen molar-refractivity contribution >= 4 is 26.0 Å². The average molecular weight is 349 g/mol. The SMILES string of the molecule is CCc1ccc2c(c1)C=C(C1CCCCC1)S2(Cl)C(F)(F)F. The molecule has 3 rings (SSSR count). The molecular weight excluding hydrogens is 329 g/mol. The molecule has 1 fully saturated rings.